The van der Waals surface area contributed by atoms with Gasteiger partial charge >= 0.3 is 0 Å². The summed E-state index contributed by atoms with van der Waals surface area (Å²) in [6.07, 6.45) is 6.18. The maximum absolute atomic E-state index is 14.1. The van der Waals surface area contributed by atoms with Crippen LogP contribution in [0.1, 0.15) is 43.2 Å². The number of benzene rings is 3. The highest BCUT2D eigenvalue weighted by Gasteiger charge is 2.34. The average Bonchev–Trinajstić information content (AvgIpc) is 2.99. The predicted octanol–water partition coefficient (Wildman–Crippen LogP) is 4.69. The van der Waals surface area contributed by atoms with Crippen LogP contribution in [0.4, 0.5) is 10.1 Å². The second-order valence-corrected chi connectivity index (χ2v) is 12.6. The smallest absolute Gasteiger partial charge is 0.244 e. The van der Waals surface area contributed by atoms with Gasteiger partial charge in [-0.05, 0) is 60.4 Å². The Kier molecular flexibility index (Phi) is 10.6. The molecule has 224 valence electrons. The summed E-state index contributed by atoms with van der Waals surface area (Å²) < 4.78 is 45.7. The summed E-state index contributed by atoms with van der Waals surface area (Å²) in [4.78, 5) is 29.5. The summed E-state index contributed by atoms with van der Waals surface area (Å²) >= 11 is 0. The van der Waals surface area contributed by atoms with Crippen molar-refractivity contribution in [3.8, 4) is 5.75 Å². The van der Waals surface area contributed by atoms with Crippen LogP contribution in [0.5, 0.6) is 5.75 Å². The van der Waals surface area contributed by atoms with Crippen LogP contribution in [-0.4, -0.2) is 57.1 Å². The molecule has 1 atom stereocenters. The summed E-state index contributed by atoms with van der Waals surface area (Å²) in [6, 6.07) is 20.6. The first-order valence-corrected chi connectivity index (χ1v) is 16.0. The summed E-state index contributed by atoms with van der Waals surface area (Å²) in [6.45, 7) is -0.525. The molecule has 0 bridgehead atoms. The average molecular weight is 596 g/mol. The molecule has 1 aliphatic rings. The van der Waals surface area contributed by atoms with E-state index in [9.17, 15) is 22.4 Å². The van der Waals surface area contributed by atoms with Crippen LogP contribution in [0.15, 0.2) is 78.9 Å². The number of halogens is 1. The van der Waals surface area contributed by atoms with Crippen molar-refractivity contribution in [2.75, 3.05) is 24.2 Å². The van der Waals surface area contributed by atoms with E-state index in [1.54, 1.807) is 36.4 Å². The Morgan fingerprint density at radius 3 is 2.17 bits per heavy atom. The van der Waals surface area contributed by atoms with Gasteiger partial charge in [0.1, 0.15) is 24.2 Å². The Labute approximate surface area is 247 Å². The largest absolute Gasteiger partial charge is 0.497 e. The molecule has 0 spiro atoms. The van der Waals surface area contributed by atoms with Gasteiger partial charge in [0.15, 0.2) is 0 Å². The fourth-order valence-corrected chi connectivity index (χ4v) is 6.10. The third-order valence-electron chi connectivity index (χ3n) is 7.53. The second kappa shape index (κ2) is 14.3. The fourth-order valence-electron chi connectivity index (χ4n) is 5.25. The fraction of sp³-hybridized carbons (Fsp3) is 0.375. The van der Waals surface area contributed by atoms with Crippen molar-refractivity contribution in [1.29, 1.82) is 0 Å². The van der Waals surface area contributed by atoms with Crippen LogP contribution >= 0.6 is 0 Å². The number of ether oxygens (including phenoxy) is 1. The van der Waals surface area contributed by atoms with Gasteiger partial charge in [0.2, 0.25) is 21.8 Å². The van der Waals surface area contributed by atoms with Gasteiger partial charge in [0.05, 0.1) is 19.1 Å². The summed E-state index contributed by atoms with van der Waals surface area (Å²) in [5.74, 6) is -0.731. The van der Waals surface area contributed by atoms with Gasteiger partial charge in [0, 0.05) is 19.0 Å². The number of anilines is 1. The molecule has 1 saturated carbocycles. The van der Waals surface area contributed by atoms with Crippen LogP contribution in [0, 0.1) is 5.82 Å². The molecule has 0 heterocycles. The lowest BCUT2D eigenvalue weighted by Gasteiger charge is -2.35. The van der Waals surface area contributed by atoms with E-state index in [1.165, 1.54) is 24.1 Å². The zero-order valence-electron chi connectivity index (χ0n) is 24.0. The topological polar surface area (TPSA) is 96.0 Å². The van der Waals surface area contributed by atoms with Crippen LogP contribution in [0.25, 0.3) is 0 Å². The van der Waals surface area contributed by atoms with Gasteiger partial charge in [-0.3, -0.25) is 13.9 Å². The van der Waals surface area contributed by atoms with E-state index in [0.717, 1.165) is 48.2 Å². The third-order valence-corrected chi connectivity index (χ3v) is 8.67. The van der Waals surface area contributed by atoms with Gasteiger partial charge in [-0.2, -0.15) is 0 Å². The van der Waals surface area contributed by atoms with Crippen molar-refractivity contribution >= 4 is 27.5 Å². The molecule has 10 heteroatoms. The number of carbonyl (C=O) groups is 2. The van der Waals surface area contributed by atoms with Crippen molar-refractivity contribution in [2.24, 2.45) is 0 Å². The number of nitrogens with zero attached hydrogens (tertiary/aromatic N) is 2. The van der Waals surface area contributed by atoms with Crippen molar-refractivity contribution in [3.63, 3.8) is 0 Å². The van der Waals surface area contributed by atoms with Crippen LogP contribution < -0.4 is 14.4 Å². The van der Waals surface area contributed by atoms with E-state index in [4.69, 9.17) is 4.74 Å². The normalized spacial score (nSPS) is 14.5. The van der Waals surface area contributed by atoms with Gasteiger partial charge in [-0.15, -0.1) is 0 Å². The molecule has 1 unspecified atom stereocenters. The number of amides is 2. The number of methoxy groups -OCH3 is 1. The van der Waals surface area contributed by atoms with Crippen molar-refractivity contribution in [1.82, 2.24) is 10.2 Å². The minimum absolute atomic E-state index is 0.00504. The minimum atomic E-state index is -3.88. The zero-order chi connectivity index (χ0) is 30.1. The lowest BCUT2D eigenvalue weighted by Crippen LogP contribution is -2.55. The molecule has 1 aliphatic carbocycles. The SMILES string of the molecule is COc1ccc(N(CC(=O)N(Cc2ccc(F)cc2)C(Cc2ccccc2)C(=O)NC2CCCCC2)S(C)(=O)=O)cc1. The number of hydrogen-bond donors (Lipinski definition) is 1. The van der Waals surface area contributed by atoms with E-state index < -0.39 is 34.3 Å². The molecule has 0 saturated heterocycles. The lowest BCUT2D eigenvalue weighted by atomic mass is 9.94. The highest BCUT2D eigenvalue weighted by Crippen LogP contribution is 2.24. The maximum atomic E-state index is 14.1. The van der Waals surface area contributed by atoms with Crippen LogP contribution in [-0.2, 0) is 32.6 Å². The first-order chi connectivity index (χ1) is 20.1. The summed E-state index contributed by atoms with van der Waals surface area (Å²) in [7, 11) is -2.37. The molecule has 1 N–H and O–H groups in total. The van der Waals surface area contributed by atoms with E-state index in [2.05, 4.69) is 5.32 Å². The van der Waals surface area contributed by atoms with Gasteiger partial charge in [-0.1, -0.05) is 61.7 Å². The van der Waals surface area contributed by atoms with Crippen molar-refractivity contribution < 1.29 is 27.1 Å². The quantitative estimate of drug-likeness (QED) is 0.328. The van der Waals surface area contributed by atoms with E-state index >= 15 is 0 Å². The highest BCUT2D eigenvalue weighted by molar-refractivity contribution is 7.92. The number of carbonyl (C=O) groups excluding carboxylic acids is 2. The summed E-state index contributed by atoms with van der Waals surface area (Å²) in [5.41, 5.74) is 1.76. The molecule has 4 rings (SSSR count). The maximum Gasteiger partial charge on any atom is 0.244 e. The molecular weight excluding hydrogens is 557 g/mol. The van der Waals surface area contributed by atoms with Crippen LogP contribution in [0.2, 0.25) is 0 Å². The molecule has 42 heavy (non-hydrogen) atoms. The number of hydrogen-bond acceptors (Lipinski definition) is 5. The molecule has 8 nitrogen and oxygen atoms in total. The zero-order valence-corrected chi connectivity index (χ0v) is 24.9. The van der Waals surface area contributed by atoms with Gasteiger partial charge in [-0.25, -0.2) is 12.8 Å². The number of sulfonamides is 1. The Hall–Kier alpha value is -3.92. The molecular formula is C32H38FN3O5S. The van der Waals surface area contributed by atoms with E-state index in [1.807, 2.05) is 30.3 Å². The number of rotatable bonds is 12. The van der Waals surface area contributed by atoms with Crippen molar-refractivity contribution in [3.05, 3.63) is 95.8 Å². The highest BCUT2D eigenvalue weighted by atomic mass is 32.2. The molecule has 0 radical (unpaired) electrons. The number of nitrogens with one attached hydrogen (secondary N) is 1. The first-order valence-electron chi connectivity index (χ1n) is 14.1. The third kappa shape index (κ3) is 8.55. The van der Waals surface area contributed by atoms with Gasteiger partial charge < -0.3 is 15.0 Å². The van der Waals surface area contributed by atoms with Crippen molar-refractivity contribution in [2.45, 2.75) is 57.2 Å². The molecule has 3 aromatic rings. The standard InChI is InChI=1S/C32H38FN3O5S/c1-41-29-19-17-28(18-20-29)36(42(2,39)40)23-31(37)35(22-25-13-15-26(33)16-14-25)30(21-24-9-5-3-6-10-24)32(38)34-27-11-7-4-8-12-27/h3,5-6,9-10,13-20,27,30H,4,7-8,11-12,21-23H2,1-2H3,(H,34,38). The van der Waals surface area contributed by atoms with E-state index in [-0.39, 0.29) is 24.9 Å². The van der Waals surface area contributed by atoms with Crippen LogP contribution in [0.3, 0.4) is 0 Å². The second-order valence-electron chi connectivity index (χ2n) is 10.7. The Morgan fingerprint density at radius 2 is 1.57 bits per heavy atom. The monoisotopic (exact) mass is 595 g/mol. The Balaban J connectivity index is 1.70. The predicted molar refractivity (Wildman–Crippen MR) is 161 cm³/mol. The molecule has 0 aliphatic heterocycles. The molecule has 3 aromatic carbocycles. The Bertz CT molecular complexity index is 1430. The Morgan fingerprint density at radius 1 is 0.929 bits per heavy atom. The van der Waals surface area contributed by atoms with Gasteiger partial charge in [0.25, 0.3) is 0 Å². The minimum Gasteiger partial charge on any atom is -0.497 e. The van der Waals surface area contributed by atoms with E-state index in [0.29, 0.717) is 17.0 Å². The molecule has 1 fully saturated rings. The summed E-state index contributed by atoms with van der Waals surface area (Å²) in [5, 5.41) is 3.16. The molecule has 0 aromatic heterocycles. The lowest BCUT2D eigenvalue weighted by molar-refractivity contribution is -0.140. The first kappa shape index (κ1) is 31.0. The molecule has 2 amide bonds.